The van der Waals surface area contributed by atoms with Crippen LogP contribution in [-0.2, 0) is 7.05 Å². The highest BCUT2D eigenvalue weighted by atomic mass is 127. The Labute approximate surface area is 163 Å². The van der Waals surface area contributed by atoms with Gasteiger partial charge in [0.1, 0.15) is 18.7 Å². The van der Waals surface area contributed by atoms with E-state index >= 15 is 0 Å². The van der Waals surface area contributed by atoms with Gasteiger partial charge in [-0.15, -0.1) is 0 Å². The second kappa shape index (κ2) is 6.73. The third-order valence-electron chi connectivity index (χ3n) is 4.46. The Kier molecular flexibility index (Phi) is 4.64. The number of rotatable bonds is 1. The molecule has 0 amide bonds. The molecule has 3 aromatic rings. The number of fused-ring (bicyclic) bond motifs is 3. The van der Waals surface area contributed by atoms with Crippen LogP contribution in [0.25, 0.3) is 10.9 Å². The van der Waals surface area contributed by atoms with Crippen molar-refractivity contribution in [2.75, 3.05) is 0 Å². The molecule has 0 aliphatic carbocycles. The number of nitrogens with two attached hydrogens (primary N) is 1. The summed E-state index contributed by atoms with van der Waals surface area (Å²) in [5.74, 6) is 0.681. The lowest BCUT2D eigenvalue weighted by molar-refractivity contribution is -0.645. The summed E-state index contributed by atoms with van der Waals surface area (Å²) in [7, 11) is 1.98. The summed E-state index contributed by atoms with van der Waals surface area (Å²) < 4.78 is 7.91. The first-order valence-corrected chi connectivity index (χ1v) is 7.74. The Balaban J connectivity index is 0.00000182. The molecule has 0 saturated carbocycles. The Hall–Kier alpha value is -2.59. The number of nitrogens with zero attached hydrogens (tertiary/aromatic N) is 2. The molecule has 2 N–H and O–H groups in total. The van der Waals surface area contributed by atoms with Gasteiger partial charge in [-0.3, -0.25) is 0 Å². The number of aromatic nitrogens is 1. The van der Waals surface area contributed by atoms with Gasteiger partial charge in [0, 0.05) is 11.6 Å². The summed E-state index contributed by atoms with van der Waals surface area (Å²) in [6, 6.07) is 20.3. The predicted octanol–water partition coefficient (Wildman–Crippen LogP) is -0.114. The normalized spacial score (nSPS) is 15.8. The molecular weight excluding hydrogens is 425 g/mol. The van der Waals surface area contributed by atoms with Gasteiger partial charge < -0.3 is 34.4 Å². The van der Waals surface area contributed by atoms with Crippen LogP contribution in [0.3, 0.4) is 0 Å². The van der Waals surface area contributed by atoms with Crippen LogP contribution in [0.5, 0.6) is 5.75 Å². The Morgan fingerprint density at radius 3 is 2.56 bits per heavy atom. The Morgan fingerprint density at radius 2 is 1.84 bits per heavy atom. The SMILES string of the molecule is C[n+]1cccc2ccc3c(c21)OC(N)=C(C#N)C3c1ccccc1.[I-]. The van der Waals surface area contributed by atoms with Gasteiger partial charge in [-0.05, 0) is 17.7 Å². The number of halogens is 1. The maximum atomic E-state index is 9.61. The molecule has 1 unspecified atom stereocenters. The van der Waals surface area contributed by atoms with E-state index in [0.29, 0.717) is 5.57 Å². The fourth-order valence-electron chi connectivity index (χ4n) is 3.36. The summed E-state index contributed by atoms with van der Waals surface area (Å²) in [6.45, 7) is 0. The number of allylic oxidation sites excluding steroid dienone is 1. The minimum absolute atomic E-state index is 0. The zero-order chi connectivity index (χ0) is 16.7. The van der Waals surface area contributed by atoms with Gasteiger partial charge >= 0.3 is 0 Å². The van der Waals surface area contributed by atoms with E-state index in [1.807, 2.05) is 66.3 Å². The van der Waals surface area contributed by atoms with Crippen LogP contribution < -0.4 is 39.0 Å². The number of ether oxygens (including phenoxy) is 1. The Bertz CT molecular complexity index is 1020. The van der Waals surface area contributed by atoms with Gasteiger partial charge in [0.2, 0.25) is 11.6 Å². The van der Waals surface area contributed by atoms with Crippen molar-refractivity contribution in [1.82, 2.24) is 0 Å². The van der Waals surface area contributed by atoms with E-state index in [2.05, 4.69) is 12.1 Å². The number of hydrogen-bond donors (Lipinski definition) is 1. The van der Waals surface area contributed by atoms with E-state index in [9.17, 15) is 5.26 Å². The number of benzene rings is 2. The summed E-state index contributed by atoms with van der Waals surface area (Å²) in [5.41, 5.74) is 9.50. The minimum Gasteiger partial charge on any atom is -1.00 e. The van der Waals surface area contributed by atoms with Crippen molar-refractivity contribution in [2.45, 2.75) is 5.92 Å². The van der Waals surface area contributed by atoms with Gasteiger partial charge in [0.25, 0.3) is 5.52 Å². The lowest BCUT2D eigenvalue weighted by atomic mass is 9.83. The summed E-state index contributed by atoms with van der Waals surface area (Å²) in [5, 5.41) is 10.7. The van der Waals surface area contributed by atoms with E-state index in [0.717, 1.165) is 27.8 Å². The van der Waals surface area contributed by atoms with Crippen molar-refractivity contribution in [2.24, 2.45) is 12.8 Å². The van der Waals surface area contributed by atoms with Crippen LogP contribution in [0.2, 0.25) is 0 Å². The second-order valence-electron chi connectivity index (χ2n) is 5.88. The Morgan fingerprint density at radius 1 is 1.08 bits per heavy atom. The summed E-state index contributed by atoms with van der Waals surface area (Å²) in [6.07, 6.45) is 1.98. The molecule has 5 heteroatoms. The third-order valence-corrected chi connectivity index (χ3v) is 4.46. The average Bonchev–Trinajstić information content (AvgIpc) is 2.61. The second-order valence-corrected chi connectivity index (χ2v) is 5.88. The first-order chi connectivity index (χ1) is 11.7. The van der Waals surface area contributed by atoms with E-state index in [1.54, 1.807) is 0 Å². The molecule has 4 rings (SSSR count). The molecule has 0 bridgehead atoms. The summed E-state index contributed by atoms with van der Waals surface area (Å²) >= 11 is 0. The maximum Gasteiger partial charge on any atom is 0.255 e. The largest absolute Gasteiger partial charge is 1.00 e. The van der Waals surface area contributed by atoms with Gasteiger partial charge in [-0.25, -0.2) is 0 Å². The molecule has 0 saturated heterocycles. The van der Waals surface area contributed by atoms with Crippen molar-refractivity contribution < 1.29 is 33.3 Å². The van der Waals surface area contributed by atoms with Gasteiger partial charge in [0.15, 0.2) is 6.20 Å². The summed E-state index contributed by atoms with van der Waals surface area (Å²) in [4.78, 5) is 0. The topological polar surface area (TPSA) is 62.9 Å². The molecule has 0 fully saturated rings. The smallest absolute Gasteiger partial charge is 0.255 e. The first kappa shape index (κ1) is 17.2. The van der Waals surface area contributed by atoms with E-state index in [1.165, 1.54) is 0 Å². The lowest BCUT2D eigenvalue weighted by Crippen LogP contribution is -3.00. The van der Waals surface area contributed by atoms with Crippen LogP contribution >= 0.6 is 0 Å². The lowest BCUT2D eigenvalue weighted by Gasteiger charge is -2.26. The minimum atomic E-state index is -0.218. The highest BCUT2D eigenvalue weighted by molar-refractivity contribution is 5.84. The van der Waals surface area contributed by atoms with E-state index < -0.39 is 0 Å². The fourth-order valence-corrected chi connectivity index (χ4v) is 3.36. The van der Waals surface area contributed by atoms with Crippen LogP contribution in [0.4, 0.5) is 0 Å². The standard InChI is InChI=1S/C20H16N3O.HI/c1-23-11-5-8-14-9-10-15-17(13-6-3-2-4-7-13)16(12-21)20(22)24-19(15)18(14)23;/h2-11,17H,22H2,1H3;1H/q+1;/p-1. The zero-order valence-electron chi connectivity index (χ0n) is 13.6. The third kappa shape index (κ3) is 2.72. The fraction of sp³-hybridized carbons (Fsp3) is 0.100. The van der Waals surface area contributed by atoms with E-state index in [-0.39, 0.29) is 35.8 Å². The molecule has 1 aliphatic heterocycles. The first-order valence-electron chi connectivity index (χ1n) is 7.74. The quantitative estimate of drug-likeness (QED) is 0.424. The maximum absolute atomic E-state index is 9.61. The van der Waals surface area contributed by atoms with Gasteiger partial charge in [-0.2, -0.15) is 9.83 Å². The molecular formula is C20H16IN3O. The van der Waals surface area contributed by atoms with Crippen molar-refractivity contribution in [3.8, 4) is 11.8 Å². The molecule has 2 aromatic carbocycles. The molecule has 0 spiro atoms. The van der Waals surface area contributed by atoms with Crippen molar-refractivity contribution in [3.05, 3.63) is 83.4 Å². The number of nitriles is 1. The molecule has 4 nitrogen and oxygen atoms in total. The molecule has 0 radical (unpaired) electrons. The van der Waals surface area contributed by atoms with Crippen LogP contribution in [0, 0.1) is 11.3 Å². The molecule has 1 aromatic heterocycles. The molecule has 25 heavy (non-hydrogen) atoms. The number of aryl methyl sites for hydroxylation is 1. The number of pyridine rings is 1. The number of hydrogen-bond acceptors (Lipinski definition) is 3. The van der Waals surface area contributed by atoms with E-state index in [4.69, 9.17) is 10.5 Å². The average molecular weight is 441 g/mol. The molecule has 124 valence electrons. The van der Waals surface area contributed by atoms with Gasteiger partial charge in [-0.1, -0.05) is 36.4 Å². The molecule has 2 heterocycles. The predicted molar refractivity (Wildman–Crippen MR) is 90.9 cm³/mol. The highest BCUT2D eigenvalue weighted by Gasteiger charge is 2.33. The molecule has 1 atom stereocenters. The molecule has 1 aliphatic rings. The monoisotopic (exact) mass is 441 g/mol. The van der Waals surface area contributed by atoms with Gasteiger partial charge in [0.05, 0.1) is 11.3 Å². The van der Waals surface area contributed by atoms with Crippen LogP contribution in [0.15, 0.2) is 72.3 Å². The van der Waals surface area contributed by atoms with Crippen LogP contribution in [-0.4, -0.2) is 0 Å². The van der Waals surface area contributed by atoms with Crippen molar-refractivity contribution >= 4 is 10.9 Å². The van der Waals surface area contributed by atoms with Crippen molar-refractivity contribution in [1.29, 1.82) is 5.26 Å². The van der Waals surface area contributed by atoms with Crippen LogP contribution in [0.1, 0.15) is 17.0 Å². The van der Waals surface area contributed by atoms with Crippen molar-refractivity contribution in [3.63, 3.8) is 0 Å². The zero-order valence-corrected chi connectivity index (χ0v) is 15.8. The highest BCUT2D eigenvalue weighted by Crippen LogP contribution is 2.44.